The Labute approximate surface area is 170 Å². The summed E-state index contributed by atoms with van der Waals surface area (Å²) in [6.07, 6.45) is 2.81. The molecule has 0 spiro atoms. The van der Waals surface area contributed by atoms with Crippen molar-refractivity contribution >= 4 is 0 Å². The third-order valence-electron chi connectivity index (χ3n) is 5.16. The molecule has 0 fully saturated rings. The average molecular weight is 378 g/mol. The number of nitriles is 1. The molecule has 0 bridgehead atoms. The standard InChI is InChI=1S/C25H35N3/c1-24(2,3)15-22(27)20-10-6-18(7-11-20)14-25(4,5)16-23(28)21-12-8-19(17-26)9-13-21/h6-13,22-23H,14-16,27-28H2,1-5H3. The van der Waals surface area contributed by atoms with Gasteiger partial charge in [0.2, 0.25) is 0 Å². The van der Waals surface area contributed by atoms with Crippen LogP contribution in [0.5, 0.6) is 0 Å². The lowest BCUT2D eigenvalue weighted by Crippen LogP contribution is -2.23. The van der Waals surface area contributed by atoms with Crippen molar-refractivity contribution < 1.29 is 0 Å². The van der Waals surface area contributed by atoms with Gasteiger partial charge in [-0.25, -0.2) is 0 Å². The van der Waals surface area contributed by atoms with Gasteiger partial charge in [0.1, 0.15) is 0 Å². The topological polar surface area (TPSA) is 75.8 Å². The highest BCUT2D eigenvalue weighted by molar-refractivity contribution is 5.33. The molecule has 0 aliphatic rings. The summed E-state index contributed by atoms with van der Waals surface area (Å²) in [6, 6.07) is 18.5. The Kier molecular flexibility index (Phi) is 7.04. The quantitative estimate of drug-likeness (QED) is 0.654. The van der Waals surface area contributed by atoms with Gasteiger partial charge in [-0.2, -0.15) is 5.26 Å². The van der Waals surface area contributed by atoms with Gasteiger partial charge in [-0.3, -0.25) is 0 Å². The molecule has 3 nitrogen and oxygen atoms in total. The van der Waals surface area contributed by atoms with Crippen LogP contribution in [-0.4, -0.2) is 0 Å². The zero-order valence-corrected chi connectivity index (χ0v) is 18.0. The van der Waals surface area contributed by atoms with E-state index in [1.54, 1.807) is 0 Å². The fourth-order valence-electron chi connectivity index (χ4n) is 3.80. The fraction of sp³-hybridized carbons (Fsp3) is 0.480. The Morgan fingerprint density at radius 3 is 1.71 bits per heavy atom. The van der Waals surface area contributed by atoms with E-state index in [0.717, 1.165) is 24.8 Å². The van der Waals surface area contributed by atoms with Crippen molar-refractivity contribution in [3.63, 3.8) is 0 Å². The summed E-state index contributed by atoms with van der Waals surface area (Å²) in [4.78, 5) is 0. The largest absolute Gasteiger partial charge is 0.324 e. The lowest BCUT2D eigenvalue weighted by atomic mass is 9.78. The maximum Gasteiger partial charge on any atom is 0.0991 e. The fourth-order valence-corrected chi connectivity index (χ4v) is 3.80. The van der Waals surface area contributed by atoms with Crippen LogP contribution >= 0.6 is 0 Å². The van der Waals surface area contributed by atoms with Crippen LogP contribution < -0.4 is 11.5 Å². The first-order valence-corrected chi connectivity index (χ1v) is 10.1. The number of benzene rings is 2. The van der Waals surface area contributed by atoms with Gasteiger partial charge in [0, 0.05) is 12.1 Å². The van der Waals surface area contributed by atoms with Crippen molar-refractivity contribution in [2.24, 2.45) is 22.3 Å². The van der Waals surface area contributed by atoms with Gasteiger partial charge in [0.05, 0.1) is 11.6 Å². The summed E-state index contributed by atoms with van der Waals surface area (Å²) in [5, 5.41) is 8.94. The van der Waals surface area contributed by atoms with E-state index in [-0.39, 0.29) is 22.9 Å². The van der Waals surface area contributed by atoms with Crippen molar-refractivity contribution in [3.05, 3.63) is 70.8 Å². The summed E-state index contributed by atoms with van der Waals surface area (Å²) in [6.45, 7) is 11.2. The highest BCUT2D eigenvalue weighted by Gasteiger charge is 2.23. The minimum absolute atomic E-state index is 0.0396. The zero-order valence-electron chi connectivity index (χ0n) is 18.0. The van der Waals surface area contributed by atoms with Crippen LogP contribution in [0.4, 0.5) is 0 Å². The van der Waals surface area contributed by atoms with Crippen LogP contribution in [0.1, 0.15) is 81.8 Å². The number of nitrogens with two attached hydrogens (primary N) is 2. The summed E-state index contributed by atoms with van der Waals surface area (Å²) >= 11 is 0. The highest BCUT2D eigenvalue weighted by atomic mass is 14.6. The van der Waals surface area contributed by atoms with E-state index in [2.05, 4.69) is 65.0 Å². The number of nitrogens with zero attached hydrogens (tertiary/aromatic N) is 1. The van der Waals surface area contributed by atoms with Gasteiger partial charge in [-0.05, 0) is 58.9 Å². The molecule has 2 atom stereocenters. The number of hydrogen-bond donors (Lipinski definition) is 2. The molecular weight excluding hydrogens is 342 g/mol. The van der Waals surface area contributed by atoms with Gasteiger partial charge in [-0.15, -0.1) is 0 Å². The highest BCUT2D eigenvalue weighted by Crippen LogP contribution is 2.33. The van der Waals surface area contributed by atoms with Crippen LogP contribution in [0.15, 0.2) is 48.5 Å². The van der Waals surface area contributed by atoms with Crippen LogP contribution in [-0.2, 0) is 6.42 Å². The Morgan fingerprint density at radius 2 is 1.25 bits per heavy atom. The molecule has 2 rings (SSSR count). The van der Waals surface area contributed by atoms with Crippen molar-refractivity contribution in [2.75, 3.05) is 0 Å². The van der Waals surface area contributed by atoms with E-state index < -0.39 is 0 Å². The van der Waals surface area contributed by atoms with Crippen molar-refractivity contribution in [3.8, 4) is 6.07 Å². The van der Waals surface area contributed by atoms with Gasteiger partial charge in [0.25, 0.3) is 0 Å². The van der Waals surface area contributed by atoms with Gasteiger partial charge in [-0.1, -0.05) is 71.0 Å². The van der Waals surface area contributed by atoms with E-state index in [1.165, 1.54) is 11.1 Å². The van der Waals surface area contributed by atoms with Crippen molar-refractivity contribution in [1.29, 1.82) is 5.26 Å². The monoisotopic (exact) mass is 377 g/mol. The maximum atomic E-state index is 8.94. The molecule has 0 aliphatic heterocycles. The lowest BCUT2D eigenvalue weighted by Gasteiger charge is -2.29. The molecular formula is C25H35N3. The van der Waals surface area contributed by atoms with Gasteiger partial charge < -0.3 is 11.5 Å². The zero-order chi connectivity index (χ0) is 20.9. The predicted octanol–water partition coefficient (Wildman–Crippen LogP) is 5.65. The lowest BCUT2D eigenvalue weighted by molar-refractivity contribution is 0.304. The first-order valence-electron chi connectivity index (χ1n) is 10.1. The molecule has 0 saturated heterocycles. The number of hydrogen-bond acceptors (Lipinski definition) is 3. The predicted molar refractivity (Wildman–Crippen MR) is 118 cm³/mol. The third-order valence-corrected chi connectivity index (χ3v) is 5.16. The molecule has 4 N–H and O–H groups in total. The molecule has 0 aliphatic carbocycles. The van der Waals surface area contributed by atoms with Gasteiger partial charge in [0.15, 0.2) is 0 Å². The molecule has 3 heteroatoms. The van der Waals surface area contributed by atoms with Crippen LogP contribution in [0.3, 0.4) is 0 Å². The summed E-state index contributed by atoms with van der Waals surface area (Å²) < 4.78 is 0. The van der Waals surface area contributed by atoms with E-state index in [0.29, 0.717) is 5.56 Å². The van der Waals surface area contributed by atoms with E-state index in [1.807, 2.05) is 24.3 Å². The molecule has 28 heavy (non-hydrogen) atoms. The van der Waals surface area contributed by atoms with Gasteiger partial charge >= 0.3 is 0 Å². The molecule has 2 unspecified atom stereocenters. The summed E-state index contributed by atoms with van der Waals surface area (Å²) in [7, 11) is 0. The molecule has 0 heterocycles. The Morgan fingerprint density at radius 1 is 0.786 bits per heavy atom. The summed E-state index contributed by atoms with van der Waals surface area (Å²) in [5.74, 6) is 0. The maximum absolute atomic E-state index is 8.94. The second-order valence-corrected chi connectivity index (χ2v) is 10.00. The van der Waals surface area contributed by atoms with E-state index >= 15 is 0 Å². The second kappa shape index (κ2) is 8.90. The molecule has 0 aromatic heterocycles. The minimum atomic E-state index is -0.0396. The number of rotatable bonds is 7. The Hall–Kier alpha value is -2.15. The summed E-state index contributed by atoms with van der Waals surface area (Å²) in [5.41, 5.74) is 17.4. The van der Waals surface area contributed by atoms with Crippen molar-refractivity contribution in [1.82, 2.24) is 0 Å². The molecule has 2 aromatic carbocycles. The average Bonchev–Trinajstić information content (AvgIpc) is 2.60. The molecule has 0 amide bonds. The van der Waals surface area contributed by atoms with E-state index in [9.17, 15) is 0 Å². The minimum Gasteiger partial charge on any atom is -0.324 e. The van der Waals surface area contributed by atoms with Crippen LogP contribution in [0, 0.1) is 22.2 Å². The second-order valence-electron chi connectivity index (χ2n) is 10.00. The normalized spacial score (nSPS) is 14.4. The Balaban J connectivity index is 1.99. The van der Waals surface area contributed by atoms with Crippen LogP contribution in [0.2, 0.25) is 0 Å². The molecule has 0 saturated carbocycles. The van der Waals surface area contributed by atoms with E-state index in [4.69, 9.17) is 16.7 Å². The molecule has 2 aromatic rings. The Bertz CT molecular complexity index is 790. The van der Waals surface area contributed by atoms with Crippen molar-refractivity contribution in [2.45, 2.75) is 66.0 Å². The van der Waals surface area contributed by atoms with Crippen LogP contribution in [0.25, 0.3) is 0 Å². The molecule has 0 radical (unpaired) electrons. The first-order chi connectivity index (χ1) is 13.0. The first kappa shape index (κ1) is 22.1. The smallest absolute Gasteiger partial charge is 0.0991 e. The SMILES string of the molecule is CC(C)(C)CC(N)c1ccc(CC(C)(C)CC(N)c2ccc(C#N)cc2)cc1. The third kappa shape index (κ3) is 6.78. The molecule has 150 valence electrons.